The molecule has 25 heavy (non-hydrogen) atoms. The largest absolute Gasteiger partial charge is 0.345 e. The third kappa shape index (κ3) is 3.01. The number of amides is 2. The summed E-state index contributed by atoms with van der Waals surface area (Å²) in [6.45, 7) is 4.31. The molecule has 0 radical (unpaired) electrons. The maximum atomic E-state index is 12.5. The molecule has 0 spiro atoms. The van der Waals surface area contributed by atoms with Gasteiger partial charge in [0.1, 0.15) is 5.82 Å². The molecule has 7 nitrogen and oxygen atoms in total. The number of fused-ring (bicyclic) bond motifs is 2. The Morgan fingerprint density at radius 3 is 2.64 bits per heavy atom. The molecule has 2 aliphatic heterocycles. The van der Waals surface area contributed by atoms with E-state index >= 15 is 0 Å². The first kappa shape index (κ1) is 15.8. The first-order valence-corrected chi connectivity index (χ1v) is 8.61. The molecule has 1 fully saturated rings. The fraction of sp³-hybridized carbons (Fsp3) is 0.444. The van der Waals surface area contributed by atoms with E-state index in [1.165, 1.54) is 0 Å². The smallest absolute Gasteiger partial charge is 0.289 e. The highest BCUT2D eigenvalue weighted by Gasteiger charge is 2.39. The lowest BCUT2D eigenvalue weighted by molar-refractivity contribution is -0.128. The van der Waals surface area contributed by atoms with Crippen molar-refractivity contribution in [2.24, 2.45) is 11.8 Å². The number of hydrogen-bond donors (Lipinski definition) is 1. The zero-order valence-electron chi connectivity index (χ0n) is 14.2. The van der Waals surface area contributed by atoms with Crippen molar-refractivity contribution in [2.45, 2.75) is 26.4 Å². The summed E-state index contributed by atoms with van der Waals surface area (Å²) in [7, 11) is 0. The summed E-state index contributed by atoms with van der Waals surface area (Å²) in [5.41, 5.74) is 1.04. The van der Waals surface area contributed by atoms with Gasteiger partial charge in [0.05, 0.1) is 0 Å². The quantitative estimate of drug-likeness (QED) is 0.899. The Morgan fingerprint density at radius 2 is 1.88 bits per heavy atom. The average Bonchev–Trinajstić information content (AvgIpc) is 3.22. The highest BCUT2D eigenvalue weighted by molar-refractivity contribution is 5.90. The lowest BCUT2D eigenvalue weighted by atomic mass is 9.89. The molecule has 2 atom stereocenters. The molecule has 1 saturated heterocycles. The van der Waals surface area contributed by atoms with Crippen molar-refractivity contribution in [3.8, 4) is 0 Å². The van der Waals surface area contributed by atoms with Crippen LogP contribution in [0.15, 0.2) is 30.3 Å². The van der Waals surface area contributed by atoms with Crippen LogP contribution >= 0.6 is 0 Å². The maximum absolute atomic E-state index is 12.5. The minimum atomic E-state index is -0.206. The van der Waals surface area contributed by atoms with Gasteiger partial charge in [-0.3, -0.25) is 9.59 Å². The van der Waals surface area contributed by atoms with Crippen LogP contribution in [0.2, 0.25) is 0 Å². The van der Waals surface area contributed by atoms with Gasteiger partial charge in [-0.25, -0.2) is 0 Å². The van der Waals surface area contributed by atoms with Gasteiger partial charge in [-0.05, 0) is 17.4 Å². The van der Waals surface area contributed by atoms with Gasteiger partial charge in [0.15, 0.2) is 0 Å². The molecule has 0 unspecified atom stereocenters. The van der Waals surface area contributed by atoms with Crippen molar-refractivity contribution in [1.29, 1.82) is 0 Å². The van der Waals surface area contributed by atoms with Gasteiger partial charge in [0.2, 0.25) is 11.7 Å². The van der Waals surface area contributed by atoms with E-state index in [-0.39, 0.29) is 11.8 Å². The van der Waals surface area contributed by atoms with Crippen LogP contribution in [0.5, 0.6) is 0 Å². The van der Waals surface area contributed by atoms with E-state index in [0.29, 0.717) is 30.7 Å². The molecule has 4 rings (SSSR count). The molecule has 2 amide bonds. The molecule has 2 aliphatic rings. The summed E-state index contributed by atoms with van der Waals surface area (Å²) in [6, 6.07) is 9.78. The number of rotatable bonds is 3. The summed E-state index contributed by atoms with van der Waals surface area (Å²) >= 11 is 0. The monoisotopic (exact) mass is 339 g/mol. The predicted molar refractivity (Wildman–Crippen MR) is 90.6 cm³/mol. The van der Waals surface area contributed by atoms with Crippen LogP contribution in [0.3, 0.4) is 0 Å². The van der Waals surface area contributed by atoms with Crippen LogP contribution in [-0.4, -0.2) is 44.6 Å². The molecule has 0 saturated carbocycles. The molecule has 1 aromatic carbocycles. The van der Waals surface area contributed by atoms with Crippen molar-refractivity contribution >= 4 is 11.8 Å². The minimum Gasteiger partial charge on any atom is -0.345 e. The third-order valence-electron chi connectivity index (χ3n) is 5.21. The number of aromatic nitrogens is 3. The highest BCUT2D eigenvalue weighted by Crippen LogP contribution is 2.32. The SMILES string of the molecule is CC(=O)N1C[C@@H]2Cc3nnc(C(=O)NCc4ccccc4)n3C[C@@H]2C1. The van der Waals surface area contributed by atoms with Crippen molar-refractivity contribution < 1.29 is 9.59 Å². The van der Waals surface area contributed by atoms with E-state index in [2.05, 4.69) is 15.5 Å². The van der Waals surface area contributed by atoms with E-state index in [9.17, 15) is 9.59 Å². The minimum absolute atomic E-state index is 0.117. The zero-order chi connectivity index (χ0) is 17.4. The first-order chi connectivity index (χ1) is 12.1. The number of likely N-dealkylation sites (tertiary alicyclic amines) is 1. The Kier molecular flexibility index (Phi) is 3.99. The van der Waals surface area contributed by atoms with E-state index in [4.69, 9.17) is 0 Å². The van der Waals surface area contributed by atoms with Crippen LogP contribution in [0.25, 0.3) is 0 Å². The van der Waals surface area contributed by atoms with E-state index < -0.39 is 0 Å². The topological polar surface area (TPSA) is 80.1 Å². The van der Waals surface area contributed by atoms with Crippen LogP contribution in [0.1, 0.15) is 28.9 Å². The van der Waals surface area contributed by atoms with Gasteiger partial charge in [0, 0.05) is 39.5 Å². The number of nitrogens with one attached hydrogen (secondary N) is 1. The Bertz CT molecular complexity index is 801. The standard InChI is InChI=1S/C18H21N5O2/c1-12(24)22-9-14-7-16-20-21-17(23(16)11-15(14)10-22)18(25)19-8-13-5-3-2-4-6-13/h2-6,14-15H,7-11H2,1H3,(H,19,25)/t14-,15-/m0/s1. The van der Waals surface area contributed by atoms with Crippen LogP contribution < -0.4 is 5.32 Å². The summed E-state index contributed by atoms with van der Waals surface area (Å²) < 4.78 is 1.92. The molecule has 7 heteroatoms. The third-order valence-corrected chi connectivity index (χ3v) is 5.21. The summed E-state index contributed by atoms with van der Waals surface area (Å²) in [4.78, 5) is 26.0. The molecular weight excluding hydrogens is 318 g/mol. The highest BCUT2D eigenvalue weighted by atomic mass is 16.2. The Morgan fingerprint density at radius 1 is 1.12 bits per heavy atom. The summed E-state index contributed by atoms with van der Waals surface area (Å²) in [5, 5.41) is 11.2. The molecule has 1 aromatic heterocycles. The number of nitrogens with zero attached hydrogens (tertiary/aromatic N) is 4. The molecule has 0 bridgehead atoms. The first-order valence-electron chi connectivity index (χ1n) is 8.61. The number of carbonyl (C=O) groups is 2. The Balaban J connectivity index is 1.46. The lowest BCUT2D eigenvalue weighted by Crippen LogP contribution is -2.33. The summed E-state index contributed by atoms with van der Waals surface area (Å²) in [6.07, 6.45) is 0.771. The molecule has 2 aromatic rings. The van der Waals surface area contributed by atoms with E-state index in [0.717, 1.165) is 30.9 Å². The fourth-order valence-corrected chi connectivity index (χ4v) is 3.81. The second kappa shape index (κ2) is 6.31. The van der Waals surface area contributed by atoms with Gasteiger partial charge in [0.25, 0.3) is 5.91 Å². The van der Waals surface area contributed by atoms with Gasteiger partial charge < -0.3 is 14.8 Å². The van der Waals surface area contributed by atoms with Gasteiger partial charge >= 0.3 is 0 Å². The maximum Gasteiger partial charge on any atom is 0.289 e. The number of carbonyl (C=O) groups excluding carboxylic acids is 2. The Labute approximate surface area is 146 Å². The molecule has 130 valence electrons. The van der Waals surface area contributed by atoms with Gasteiger partial charge in [-0.15, -0.1) is 10.2 Å². The van der Waals surface area contributed by atoms with Crippen LogP contribution in [0.4, 0.5) is 0 Å². The normalized spacial score (nSPS) is 21.6. The van der Waals surface area contributed by atoms with Crippen LogP contribution in [0, 0.1) is 11.8 Å². The van der Waals surface area contributed by atoms with E-state index in [1.54, 1.807) is 6.92 Å². The Hall–Kier alpha value is -2.70. The van der Waals surface area contributed by atoms with Gasteiger partial charge in [-0.2, -0.15) is 0 Å². The van der Waals surface area contributed by atoms with Crippen LogP contribution in [-0.2, 0) is 24.3 Å². The molecular formula is C18H21N5O2. The average molecular weight is 339 g/mol. The number of hydrogen-bond acceptors (Lipinski definition) is 4. The number of benzene rings is 1. The van der Waals surface area contributed by atoms with Crippen molar-refractivity contribution in [3.05, 3.63) is 47.5 Å². The van der Waals surface area contributed by atoms with Gasteiger partial charge in [-0.1, -0.05) is 30.3 Å². The van der Waals surface area contributed by atoms with Crippen molar-refractivity contribution in [1.82, 2.24) is 25.0 Å². The second-order valence-corrected chi connectivity index (χ2v) is 6.87. The van der Waals surface area contributed by atoms with Crippen molar-refractivity contribution in [3.63, 3.8) is 0 Å². The molecule has 0 aliphatic carbocycles. The summed E-state index contributed by atoms with van der Waals surface area (Å²) in [5.74, 6) is 1.91. The zero-order valence-corrected chi connectivity index (χ0v) is 14.2. The fourth-order valence-electron chi connectivity index (χ4n) is 3.81. The molecule has 1 N–H and O–H groups in total. The molecule has 3 heterocycles. The van der Waals surface area contributed by atoms with Crippen molar-refractivity contribution in [2.75, 3.05) is 13.1 Å². The van der Waals surface area contributed by atoms with E-state index in [1.807, 2.05) is 39.8 Å². The predicted octanol–water partition coefficient (Wildman–Crippen LogP) is 0.859. The lowest BCUT2D eigenvalue weighted by Gasteiger charge is -2.25. The second-order valence-electron chi connectivity index (χ2n) is 6.87.